The maximum Gasteiger partial charge on any atom is 0.178 e. The third kappa shape index (κ3) is 2.47. The van der Waals surface area contributed by atoms with Crippen molar-refractivity contribution in [1.29, 1.82) is 0 Å². The van der Waals surface area contributed by atoms with Crippen molar-refractivity contribution in [2.75, 3.05) is 0 Å². The van der Waals surface area contributed by atoms with Gasteiger partial charge in [-0.2, -0.15) is 0 Å². The molecule has 2 nitrogen and oxygen atoms in total. The van der Waals surface area contributed by atoms with Crippen LogP contribution >= 0.6 is 23.8 Å². The van der Waals surface area contributed by atoms with E-state index in [4.69, 9.17) is 23.8 Å². The molecule has 0 aliphatic carbocycles. The van der Waals surface area contributed by atoms with Gasteiger partial charge in [0.25, 0.3) is 0 Å². The van der Waals surface area contributed by atoms with Crippen molar-refractivity contribution in [3.05, 3.63) is 28.0 Å². The van der Waals surface area contributed by atoms with Crippen LogP contribution in [0.2, 0.25) is 5.02 Å². The molecule has 0 bridgehead atoms. The molecule has 0 spiro atoms. The van der Waals surface area contributed by atoms with E-state index in [1.54, 1.807) is 0 Å². The molecule has 4 heteroatoms. The van der Waals surface area contributed by atoms with E-state index >= 15 is 0 Å². The van der Waals surface area contributed by atoms with Crippen LogP contribution in [0.3, 0.4) is 0 Å². The predicted molar refractivity (Wildman–Crippen MR) is 80.9 cm³/mol. The normalized spacial score (nSPS) is 14.9. The zero-order valence-corrected chi connectivity index (χ0v) is 12.6. The summed E-state index contributed by atoms with van der Waals surface area (Å²) in [5.41, 5.74) is 2.04. The number of fused-ring (bicyclic) bond motifs is 1. The van der Waals surface area contributed by atoms with Crippen LogP contribution in [0.25, 0.3) is 11.0 Å². The molecular weight excluding hydrogens is 264 g/mol. The SMILES string of the molecule is CCC(C)CC(C)n1c(=S)[nH]c2c(Cl)cccc21. The highest BCUT2D eigenvalue weighted by Gasteiger charge is 2.14. The van der Waals surface area contributed by atoms with Crippen LogP contribution in [0.15, 0.2) is 18.2 Å². The molecule has 0 amide bonds. The number of nitrogens with zero attached hydrogens (tertiary/aromatic N) is 1. The molecule has 98 valence electrons. The quantitative estimate of drug-likeness (QED) is 0.750. The Kier molecular flexibility index (Phi) is 4.13. The third-order valence-corrected chi connectivity index (χ3v) is 4.20. The second kappa shape index (κ2) is 5.45. The smallest absolute Gasteiger partial charge is 0.178 e. The number of aromatic amines is 1. The average Bonchev–Trinajstić information content (AvgIpc) is 2.67. The first kappa shape index (κ1) is 13.6. The van der Waals surface area contributed by atoms with Crippen molar-refractivity contribution < 1.29 is 0 Å². The summed E-state index contributed by atoms with van der Waals surface area (Å²) in [7, 11) is 0. The Morgan fingerprint density at radius 3 is 2.78 bits per heavy atom. The molecule has 0 saturated heterocycles. The molecule has 2 rings (SSSR count). The molecule has 18 heavy (non-hydrogen) atoms. The number of hydrogen-bond donors (Lipinski definition) is 1. The number of para-hydroxylation sites is 1. The van der Waals surface area contributed by atoms with Crippen LogP contribution in [0.5, 0.6) is 0 Å². The Balaban J connectivity index is 2.47. The minimum absolute atomic E-state index is 0.389. The number of benzene rings is 1. The largest absolute Gasteiger partial charge is 0.329 e. The van der Waals surface area contributed by atoms with Crippen molar-refractivity contribution in [1.82, 2.24) is 9.55 Å². The summed E-state index contributed by atoms with van der Waals surface area (Å²) in [6.45, 7) is 6.72. The number of rotatable bonds is 4. The van der Waals surface area contributed by atoms with Crippen LogP contribution in [0.4, 0.5) is 0 Å². The van der Waals surface area contributed by atoms with Gasteiger partial charge in [-0.25, -0.2) is 0 Å². The Hall–Kier alpha value is -0.800. The van der Waals surface area contributed by atoms with E-state index in [0.29, 0.717) is 12.0 Å². The molecular formula is C14H19ClN2S. The third-order valence-electron chi connectivity index (χ3n) is 3.58. The summed E-state index contributed by atoms with van der Waals surface area (Å²) in [4.78, 5) is 3.21. The van der Waals surface area contributed by atoms with Gasteiger partial charge < -0.3 is 9.55 Å². The Morgan fingerprint density at radius 1 is 1.39 bits per heavy atom. The number of nitrogens with one attached hydrogen (secondary N) is 1. The first-order valence-corrected chi connectivity index (χ1v) is 7.22. The van der Waals surface area contributed by atoms with Crippen LogP contribution in [0, 0.1) is 10.7 Å². The summed E-state index contributed by atoms with van der Waals surface area (Å²) in [6, 6.07) is 6.32. The van der Waals surface area contributed by atoms with Crippen molar-refractivity contribution in [3.8, 4) is 0 Å². The van der Waals surface area contributed by atoms with Gasteiger partial charge >= 0.3 is 0 Å². The minimum atomic E-state index is 0.389. The van der Waals surface area contributed by atoms with Crippen molar-refractivity contribution in [2.45, 2.75) is 39.7 Å². The molecule has 0 aliphatic rings. The number of aromatic nitrogens is 2. The van der Waals surface area contributed by atoms with Gasteiger partial charge in [-0.15, -0.1) is 0 Å². The number of hydrogen-bond acceptors (Lipinski definition) is 1. The Bertz CT molecular complexity index is 599. The summed E-state index contributed by atoms with van der Waals surface area (Å²) >= 11 is 11.6. The van der Waals surface area contributed by atoms with Gasteiger partial charge in [0, 0.05) is 6.04 Å². The summed E-state index contributed by atoms with van der Waals surface area (Å²) < 4.78 is 2.94. The van der Waals surface area contributed by atoms with E-state index in [9.17, 15) is 0 Å². The molecule has 2 unspecified atom stereocenters. The van der Waals surface area contributed by atoms with Gasteiger partial charge in [0.05, 0.1) is 16.1 Å². The molecule has 0 fully saturated rings. The van der Waals surface area contributed by atoms with Gasteiger partial charge in [0.1, 0.15) is 0 Å². The zero-order valence-electron chi connectivity index (χ0n) is 11.0. The number of imidazole rings is 1. The molecule has 0 saturated carbocycles. The van der Waals surface area contributed by atoms with Crippen molar-refractivity contribution in [3.63, 3.8) is 0 Å². The predicted octanol–water partition coefficient (Wildman–Crippen LogP) is 5.35. The molecule has 0 radical (unpaired) electrons. The van der Waals surface area contributed by atoms with Crippen LogP contribution < -0.4 is 0 Å². The lowest BCUT2D eigenvalue weighted by molar-refractivity contribution is 0.402. The van der Waals surface area contributed by atoms with E-state index in [1.807, 2.05) is 12.1 Å². The summed E-state index contributed by atoms with van der Waals surface area (Å²) in [6.07, 6.45) is 2.32. The minimum Gasteiger partial charge on any atom is -0.329 e. The number of halogens is 1. The summed E-state index contributed by atoms with van der Waals surface area (Å²) in [5, 5.41) is 0.730. The second-order valence-corrected chi connectivity index (χ2v) is 5.83. The van der Waals surface area contributed by atoms with Gasteiger partial charge in [-0.1, -0.05) is 37.9 Å². The summed E-state index contributed by atoms with van der Waals surface area (Å²) in [5.74, 6) is 0.700. The highest BCUT2D eigenvalue weighted by molar-refractivity contribution is 7.71. The van der Waals surface area contributed by atoms with Gasteiger partial charge in [0.15, 0.2) is 4.77 Å². The fourth-order valence-corrected chi connectivity index (χ4v) is 3.00. The van der Waals surface area contributed by atoms with E-state index in [2.05, 4.69) is 36.4 Å². The second-order valence-electron chi connectivity index (χ2n) is 5.03. The fourth-order valence-electron chi connectivity index (χ4n) is 2.41. The van der Waals surface area contributed by atoms with Gasteiger partial charge in [-0.05, 0) is 43.6 Å². The molecule has 1 heterocycles. The first-order valence-electron chi connectivity index (χ1n) is 6.43. The highest BCUT2D eigenvalue weighted by atomic mass is 35.5. The van der Waals surface area contributed by atoms with Crippen LogP contribution in [-0.4, -0.2) is 9.55 Å². The Labute approximate surface area is 118 Å². The first-order chi connectivity index (χ1) is 8.54. The lowest BCUT2D eigenvalue weighted by Crippen LogP contribution is -2.09. The van der Waals surface area contributed by atoms with E-state index in [0.717, 1.165) is 27.2 Å². The Morgan fingerprint density at radius 2 is 2.11 bits per heavy atom. The highest BCUT2D eigenvalue weighted by Crippen LogP contribution is 2.28. The van der Waals surface area contributed by atoms with Crippen molar-refractivity contribution in [2.24, 2.45) is 5.92 Å². The topological polar surface area (TPSA) is 20.7 Å². The molecule has 2 atom stereocenters. The lowest BCUT2D eigenvalue weighted by Gasteiger charge is -2.18. The van der Waals surface area contributed by atoms with E-state index in [-0.39, 0.29) is 0 Å². The molecule has 0 aliphatic heterocycles. The van der Waals surface area contributed by atoms with Crippen LogP contribution in [0.1, 0.15) is 39.7 Å². The molecule has 1 aromatic carbocycles. The van der Waals surface area contributed by atoms with Crippen molar-refractivity contribution >= 4 is 34.9 Å². The number of H-pyrrole nitrogens is 1. The van der Waals surface area contributed by atoms with E-state index < -0.39 is 0 Å². The van der Waals surface area contributed by atoms with Gasteiger partial charge in [0.2, 0.25) is 0 Å². The van der Waals surface area contributed by atoms with Crippen LogP contribution in [-0.2, 0) is 0 Å². The zero-order chi connectivity index (χ0) is 13.3. The monoisotopic (exact) mass is 282 g/mol. The standard InChI is InChI=1S/C14H19ClN2S/c1-4-9(2)8-10(3)17-12-7-5-6-11(15)13(12)16-14(17)18/h5-7,9-10H,4,8H2,1-3H3,(H,16,18). The lowest BCUT2D eigenvalue weighted by atomic mass is 10.0. The fraction of sp³-hybridized carbons (Fsp3) is 0.500. The van der Waals surface area contributed by atoms with E-state index in [1.165, 1.54) is 6.42 Å². The molecule has 1 N–H and O–H groups in total. The maximum atomic E-state index is 6.19. The molecule has 1 aromatic heterocycles. The maximum absolute atomic E-state index is 6.19. The average molecular weight is 283 g/mol. The van der Waals surface area contributed by atoms with Gasteiger partial charge in [-0.3, -0.25) is 0 Å². The molecule has 2 aromatic rings.